The van der Waals surface area contributed by atoms with E-state index in [9.17, 15) is 10.4 Å². The fraction of sp³-hybridized carbons (Fsp3) is 0.625. The normalized spacial score (nSPS) is 16.9. The molecule has 1 N–H and O–H groups in total. The molecule has 0 saturated carbocycles. The lowest BCUT2D eigenvalue weighted by Crippen LogP contribution is -2.50. The molecule has 1 aromatic rings. The largest absolute Gasteiger partial charge is 0.389 e. The number of aliphatic hydroxyl groups is 1. The molecule has 1 aliphatic rings. The highest BCUT2D eigenvalue weighted by Crippen LogP contribution is 2.23. The molecule has 21 heavy (non-hydrogen) atoms. The van der Waals surface area contributed by atoms with Gasteiger partial charge in [-0.3, -0.25) is 4.90 Å². The Labute approximate surface area is 126 Å². The van der Waals surface area contributed by atoms with E-state index in [-0.39, 0.29) is 0 Å². The van der Waals surface area contributed by atoms with Crippen molar-refractivity contribution in [1.82, 2.24) is 9.88 Å². The highest BCUT2D eigenvalue weighted by molar-refractivity contribution is 5.58. The predicted octanol–water partition coefficient (Wildman–Crippen LogP) is 1.46. The zero-order chi connectivity index (χ0) is 15.6. The van der Waals surface area contributed by atoms with Gasteiger partial charge < -0.3 is 10.0 Å². The molecule has 1 saturated heterocycles. The fourth-order valence-corrected chi connectivity index (χ4v) is 2.85. The third-order valence-electron chi connectivity index (χ3n) is 3.72. The maximum Gasteiger partial charge on any atom is 0.147 e. The van der Waals surface area contributed by atoms with Crippen LogP contribution in [0, 0.1) is 25.2 Å². The summed E-state index contributed by atoms with van der Waals surface area (Å²) >= 11 is 0. The van der Waals surface area contributed by atoms with Crippen LogP contribution in [0.5, 0.6) is 0 Å². The average molecular weight is 288 g/mol. The Balaban J connectivity index is 2.11. The van der Waals surface area contributed by atoms with E-state index >= 15 is 0 Å². The number of rotatable bonds is 3. The molecule has 5 nitrogen and oxygen atoms in total. The van der Waals surface area contributed by atoms with Gasteiger partial charge in [0.25, 0.3) is 0 Å². The molecule has 0 aliphatic carbocycles. The summed E-state index contributed by atoms with van der Waals surface area (Å²) in [6.07, 6.45) is 0. The van der Waals surface area contributed by atoms with Crippen molar-refractivity contribution in [2.75, 3.05) is 37.6 Å². The lowest BCUT2D eigenvalue weighted by molar-refractivity contribution is 0.0344. The van der Waals surface area contributed by atoms with Crippen LogP contribution in [0.3, 0.4) is 0 Å². The van der Waals surface area contributed by atoms with Gasteiger partial charge in [0.15, 0.2) is 0 Å². The van der Waals surface area contributed by atoms with Gasteiger partial charge in [-0.2, -0.15) is 5.26 Å². The van der Waals surface area contributed by atoms with E-state index in [0.29, 0.717) is 12.1 Å². The second kappa shape index (κ2) is 6.00. The van der Waals surface area contributed by atoms with Crippen LogP contribution in [0.2, 0.25) is 0 Å². The van der Waals surface area contributed by atoms with E-state index in [2.05, 4.69) is 20.9 Å². The molecule has 1 aromatic heterocycles. The molecule has 0 atom stereocenters. The molecule has 5 heteroatoms. The van der Waals surface area contributed by atoms with E-state index in [1.54, 1.807) is 0 Å². The highest BCUT2D eigenvalue weighted by atomic mass is 16.3. The van der Waals surface area contributed by atoms with Crippen molar-refractivity contribution < 1.29 is 5.11 Å². The first-order valence-corrected chi connectivity index (χ1v) is 7.38. The molecule has 0 aromatic carbocycles. The zero-order valence-electron chi connectivity index (χ0n) is 13.3. The number of β-amino-alcohol motifs (C(OH)–C–C–N with tert-alkyl or cyclic N) is 1. The molecule has 1 aliphatic heterocycles. The Hall–Kier alpha value is -1.64. The Morgan fingerprint density at radius 2 is 1.90 bits per heavy atom. The van der Waals surface area contributed by atoms with E-state index < -0.39 is 5.60 Å². The van der Waals surface area contributed by atoms with Gasteiger partial charge in [-0.05, 0) is 39.3 Å². The number of hydrogen-bond donors (Lipinski definition) is 1. The lowest BCUT2D eigenvalue weighted by Gasteiger charge is -2.38. The first-order chi connectivity index (χ1) is 9.80. The van der Waals surface area contributed by atoms with Crippen LogP contribution >= 0.6 is 0 Å². The SMILES string of the molecule is Cc1cc(C)c(C#N)c(N2CCN(CC(C)(C)O)CC2)n1. The molecule has 2 heterocycles. The average Bonchev–Trinajstić information content (AvgIpc) is 2.37. The van der Waals surface area contributed by atoms with E-state index in [4.69, 9.17) is 0 Å². The van der Waals surface area contributed by atoms with Gasteiger partial charge in [0.2, 0.25) is 0 Å². The number of piperazine rings is 1. The van der Waals surface area contributed by atoms with Crippen molar-refractivity contribution >= 4 is 5.82 Å². The summed E-state index contributed by atoms with van der Waals surface area (Å²) in [5, 5.41) is 19.3. The topological polar surface area (TPSA) is 63.4 Å². The minimum absolute atomic E-state index is 0.668. The van der Waals surface area contributed by atoms with Crippen molar-refractivity contribution in [3.63, 3.8) is 0 Å². The summed E-state index contributed by atoms with van der Waals surface area (Å²) in [4.78, 5) is 9.00. The lowest BCUT2D eigenvalue weighted by atomic mass is 10.1. The maximum atomic E-state index is 9.90. The fourth-order valence-electron chi connectivity index (χ4n) is 2.85. The number of hydrogen-bond acceptors (Lipinski definition) is 5. The number of nitriles is 1. The van der Waals surface area contributed by atoms with Crippen LogP contribution in [0.1, 0.15) is 30.7 Å². The summed E-state index contributed by atoms with van der Waals surface area (Å²) in [6.45, 7) is 11.7. The summed E-state index contributed by atoms with van der Waals surface area (Å²) in [6, 6.07) is 4.23. The van der Waals surface area contributed by atoms with Gasteiger partial charge in [0.1, 0.15) is 11.9 Å². The molecule has 0 radical (unpaired) electrons. The van der Waals surface area contributed by atoms with Crippen molar-refractivity contribution in [3.8, 4) is 6.07 Å². The van der Waals surface area contributed by atoms with Crippen LogP contribution in [0.15, 0.2) is 6.07 Å². The molecule has 2 rings (SSSR count). The molecular formula is C16H24N4O. The first-order valence-electron chi connectivity index (χ1n) is 7.38. The zero-order valence-corrected chi connectivity index (χ0v) is 13.3. The Morgan fingerprint density at radius 1 is 1.29 bits per heavy atom. The number of pyridine rings is 1. The molecule has 1 fully saturated rings. The third-order valence-corrected chi connectivity index (χ3v) is 3.72. The number of aromatic nitrogens is 1. The molecule has 0 unspecified atom stereocenters. The van der Waals surface area contributed by atoms with Crippen LogP contribution < -0.4 is 4.90 Å². The quantitative estimate of drug-likeness (QED) is 0.912. The minimum atomic E-state index is -0.668. The molecule has 0 spiro atoms. The van der Waals surface area contributed by atoms with Gasteiger partial charge >= 0.3 is 0 Å². The van der Waals surface area contributed by atoms with Crippen LogP contribution in [-0.4, -0.2) is 53.3 Å². The second-order valence-electron chi connectivity index (χ2n) is 6.47. The number of nitrogens with zero attached hydrogens (tertiary/aromatic N) is 4. The van der Waals surface area contributed by atoms with Gasteiger partial charge in [0, 0.05) is 38.4 Å². The van der Waals surface area contributed by atoms with Crippen LogP contribution in [0.4, 0.5) is 5.82 Å². The molecule has 0 bridgehead atoms. The monoisotopic (exact) mass is 288 g/mol. The predicted molar refractivity (Wildman–Crippen MR) is 83.4 cm³/mol. The van der Waals surface area contributed by atoms with Crippen LogP contribution in [0.25, 0.3) is 0 Å². The number of anilines is 1. The van der Waals surface area contributed by atoms with Crippen LogP contribution in [-0.2, 0) is 0 Å². The summed E-state index contributed by atoms with van der Waals surface area (Å²) in [5.74, 6) is 0.804. The van der Waals surface area contributed by atoms with Gasteiger partial charge in [-0.1, -0.05) is 0 Å². The Bertz CT molecular complexity index is 549. The van der Waals surface area contributed by atoms with Crippen molar-refractivity contribution in [1.29, 1.82) is 5.26 Å². The van der Waals surface area contributed by atoms with Gasteiger partial charge in [0.05, 0.1) is 11.2 Å². The summed E-state index contributed by atoms with van der Waals surface area (Å²) in [7, 11) is 0. The highest BCUT2D eigenvalue weighted by Gasteiger charge is 2.25. The Morgan fingerprint density at radius 3 is 2.43 bits per heavy atom. The molecule has 114 valence electrons. The maximum absolute atomic E-state index is 9.90. The summed E-state index contributed by atoms with van der Waals surface area (Å²) in [5.41, 5.74) is 1.94. The second-order valence-corrected chi connectivity index (χ2v) is 6.47. The van der Waals surface area contributed by atoms with E-state index in [1.165, 1.54) is 0 Å². The third kappa shape index (κ3) is 3.93. The minimum Gasteiger partial charge on any atom is -0.389 e. The van der Waals surface area contributed by atoms with E-state index in [0.717, 1.165) is 43.3 Å². The van der Waals surface area contributed by atoms with Crippen molar-refractivity contribution in [2.24, 2.45) is 0 Å². The van der Waals surface area contributed by atoms with Gasteiger partial charge in [-0.25, -0.2) is 4.98 Å². The first kappa shape index (κ1) is 15.7. The molecule has 0 amide bonds. The summed E-state index contributed by atoms with van der Waals surface area (Å²) < 4.78 is 0. The number of aryl methyl sites for hydroxylation is 2. The standard InChI is InChI=1S/C16H24N4O/c1-12-9-13(2)18-15(14(12)10-17)20-7-5-19(6-8-20)11-16(3,4)21/h9,21H,5-8,11H2,1-4H3. The smallest absolute Gasteiger partial charge is 0.147 e. The van der Waals surface area contributed by atoms with Crippen molar-refractivity contribution in [3.05, 3.63) is 22.9 Å². The molecular weight excluding hydrogens is 264 g/mol. The van der Waals surface area contributed by atoms with Crippen molar-refractivity contribution in [2.45, 2.75) is 33.3 Å². The van der Waals surface area contributed by atoms with E-state index in [1.807, 2.05) is 33.8 Å². The van der Waals surface area contributed by atoms with Gasteiger partial charge in [-0.15, -0.1) is 0 Å². The Kier molecular flexibility index (Phi) is 4.50.